The zero-order valence-electron chi connectivity index (χ0n) is 24.9. The van der Waals surface area contributed by atoms with Gasteiger partial charge in [-0.2, -0.15) is 0 Å². The Balaban J connectivity index is 1.54. The highest BCUT2D eigenvalue weighted by atomic mass is 32.2. The topological polar surface area (TPSA) is 139 Å². The van der Waals surface area contributed by atoms with E-state index in [1.54, 1.807) is 13.0 Å². The normalized spacial score (nSPS) is 46.0. The maximum atomic E-state index is 13.6. The van der Waals surface area contributed by atoms with Gasteiger partial charge < -0.3 is 26.0 Å². The molecule has 0 aromatic rings. The monoisotopic (exact) mass is 578 g/mol. The van der Waals surface area contributed by atoms with Crippen LogP contribution in [0.5, 0.6) is 0 Å². The number of aliphatic hydroxyl groups is 2. The molecule has 0 saturated heterocycles. The molecule has 4 aliphatic rings. The van der Waals surface area contributed by atoms with Crippen LogP contribution in [0.1, 0.15) is 86.0 Å². The number of nitrogens with one attached hydrogen (secondary N) is 1. The van der Waals surface area contributed by atoms with Gasteiger partial charge in [-0.15, -0.1) is 18.3 Å². The number of thioether (sulfide) groups is 1. The molecule has 0 heterocycles. The SMILES string of the molecule is C=C[C@]1(C)C[C@@H](OC(=O)CS[C@H]2C[C@H](NC(=O)[C@@H](C)N)CC[C@H]2O)[C@]2(C)C(C)CCC3(CCC(=O)[C@H]32)[C@@H](C)[C@@H]1O. The number of nitrogens with two attached hydrogens (primary N) is 1. The Morgan fingerprint density at radius 1 is 1.23 bits per heavy atom. The predicted molar refractivity (Wildman–Crippen MR) is 156 cm³/mol. The number of ether oxygens (including phenoxy) is 1. The summed E-state index contributed by atoms with van der Waals surface area (Å²) in [6, 6.07) is -0.699. The van der Waals surface area contributed by atoms with E-state index in [1.165, 1.54) is 11.8 Å². The number of ketones is 1. The van der Waals surface area contributed by atoms with Crippen molar-refractivity contribution in [2.24, 2.45) is 39.7 Å². The molecule has 4 aliphatic carbocycles. The summed E-state index contributed by atoms with van der Waals surface area (Å²) in [4.78, 5) is 39.1. The molecule has 40 heavy (non-hydrogen) atoms. The summed E-state index contributed by atoms with van der Waals surface area (Å²) >= 11 is 1.36. The van der Waals surface area contributed by atoms with Gasteiger partial charge in [0.15, 0.2) is 0 Å². The van der Waals surface area contributed by atoms with Crippen molar-refractivity contribution in [1.82, 2.24) is 5.32 Å². The summed E-state index contributed by atoms with van der Waals surface area (Å²) < 4.78 is 6.33. The van der Waals surface area contributed by atoms with E-state index < -0.39 is 35.2 Å². The molecule has 4 saturated carbocycles. The Morgan fingerprint density at radius 2 is 1.93 bits per heavy atom. The van der Waals surface area contributed by atoms with Crippen molar-refractivity contribution in [2.75, 3.05) is 5.75 Å². The summed E-state index contributed by atoms with van der Waals surface area (Å²) in [7, 11) is 0. The van der Waals surface area contributed by atoms with E-state index in [9.17, 15) is 24.6 Å². The number of aliphatic hydroxyl groups excluding tert-OH is 2. The number of hydrogen-bond donors (Lipinski definition) is 4. The van der Waals surface area contributed by atoms with Gasteiger partial charge in [0, 0.05) is 34.5 Å². The lowest BCUT2D eigenvalue weighted by molar-refractivity contribution is -0.205. The molecule has 1 amide bonds. The first-order chi connectivity index (χ1) is 18.7. The highest BCUT2D eigenvalue weighted by Crippen LogP contribution is 2.68. The zero-order chi connectivity index (χ0) is 29.6. The number of hydrogen-bond acceptors (Lipinski definition) is 8. The van der Waals surface area contributed by atoms with Gasteiger partial charge in [0.25, 0.3) is 0 Å². The van der Waals surface area contributed by atoms with E-state index in [0.29, 0.717) is 32.1 Å². The van der Waals surface area contributed by atoms with E-state index in [1.807, 2.05) is 6.92 Å². The summed E-state index contributed by atoms with van der Waals surface area (Å²) in [6.07, 6.45) is 5.21. The highest BCUT2D eigenvalue weighted by Gasteiger charge is 2.68. The van der Waals surface area contributed by atoms with Crippen molar-refractivity contribution >= 4 is 29.4 Å². The second-order valence-corrected chi connectivity index (χ2v) is 15.0. The van der Waals surface area contributed by atoms with Gasteiger partial charge in [-0.25, -0.2) is 0 Å². The molecule has 9 heteroatoms. The number of carbonyl (C=O) groups excluding carboxylic acids is 3. The number of carbonyl (C=O) groups is 3. The molecule has 4 fully saturated rings. The van der Waals surface area contributed by atoms with E-state index >= 15 is 0 Å². The van der Waals surface area contributed by atoms with Gasteiger partial charge in [0.2, 0.25) is 5.91 Å². The quantitative estimate of drug-likeness (QED) is 0.266. The smallest absolute Gasteiger partial charge is 0.316 e. The van der Waals surface area contributed by atoms with Crippen molar-refractivity contribution in [2.45, 2.75) is 122 Å². The highest BCUT2D eigenvalue weighted by molar-refractivity contribution is 8.00. The first-order valence-electron chi connectivity index (χ1n) is 15.1. The van der Waals surface area contributed by atoms with Gasteiger partial charge in [-0.1, -0.05) is 33.8 Å². The van der Waals surface area contributed by atoms with Gasteiger partial charge in [0.1, 0.15) is 11.9 Å². The molecule has 12 atom stereocenters. The first kappa shape index (κ1) is 31.5. The maximum absolute atomic E-state index is 13.6. The van der Waals surface area contributed by atoms with Crippen LogP contribution in [0.2, 0.25) is 0 Å². The molecule has 2 unspecified atom stereocenters. The van der Waals surface area contributed by atoms with Crippen LogP contribution in [0, 0.1) is 34.0 Å². The Bertz CT molecular complexity index is 1010. The fourth-order valence-corrected chi connectivity index (χ4v) is 9.77. The molecule has 5 N–H and O–H groups in total. The van der Waals surface area contributed by atoms with Crippen LogP contribution in [0.15, 0.2) is 12.7 Å². The number of amides is 1. The maximum Gasteiger partial charge on any atom is 0.316 e. The fourth-order valence-electron chi connectivity index (χ4n) is 8.63. The van der Waals surface area contributed by atoms with Crippen molar-refractivity contribution in [3.63, 3.8) is 0 Å². The molecular weight excluding hydrogens is 528 g/mol. The molecule has 0 aromatic carbocycles. The average Bonchev–Trinajstić information content (AvgIpc) is 3.27. The predicted octanol–water partition coefficient (Wildman–Crippen LogP) is 3.37. The minimum Gasteiger partial charge on any atom is -0.461 e. The van der Waals surface area contributed by atoms with Crippen LogP contribution in [0.3, 0.4) is 0 Å². The van der Waals surface area contributed by atoms with Crippen LogP contribution in [-0.4, -0.2) is 69.3 Å². The third-order valence-corrected chi connectivity index (χ3v) is 12.8. The van der Waals surface area contributed by atoms with E-state index in [-0.39, 0.29) is 57.9 Å². The first-order valence-corrected chi connectivity index (χ1v) is 16.1. The molecule has 4 rings (SSSR count). The van der Waals surface area contributed by atoms with E-state index in [2.05, 4.69) is 32.7 Å². The Kier molecular flexibility index (Phi) is 9.21. The van der Waals surface area contributed by atoms with Crippen molar-refractivity contribution in [1.29, 1.82) is 0 Å². The zero-order valence-corrected chi connectivity index (χ0v) is 25.7. The molecule has 226 valence electrons. The number of Topliss-reactive ketones (excluding diaryl/α,β-unsaturated/α-hetero) is 1. The van der Waals surface area contributed by atoms with Crippen molar-refractivity contribution in [3.8, 4) is 0 Å². The molecule has 0 radical (unpaired) electrons. The Labute approximate surface area is 243 Å². The largest absolute Gasteiger partial charge is 0.461 e. The van der Waals surface area contributed by atoms with E-state index in [4.69, 9.17) is 10.5 Å². The fraction of sp³-hybridized carbons (Fsp3) is 0.839. The van der Waals surface area contributed by atoms with Gasteiger partial charge in [0.05, 0.1) is 24.0 Å². The minimum atomic E-state index is -0.701. The van der Waals surface area contributed by atoms with Gasteiger partial charge >= 0.3 is 5.97 Å². The van der Waals surface area contributed by atoms with Crippen molar-refractivity contribution < 1.29 is 29.3 Å². The number of rotatable bonds is 7. The second-order valence-electron chi connectivity index (χ2n) is 13.8. The Hall–Kier alpha value is -1.42. The standard InChI is InChI=1S/C31H50N2O6S/c1-7-29(5)15-24(30(6)17(2)10-12-31(18(3)27(29)37)13-11-22(35)26(30)31)39-25(36)16-40-23-14-20(8-9-21(23)34)33-28(38)19(4)32/h7,17-21,23-24,26-27,34,37H,1,8-16,32H2,2-6H3,(H,33,38)/t17?,18-,19+,20+,21+,23-,24+,26-,27-,29+,30-,31?/m0/s1. The van der Waals surface area contributed by atoms with Gasteiger partial charge in [-0.05, 0) is 69.1 Å². The van der Waals surface area contributed by atoms with Gasteiger partial charge in [-0.3, -0.25) is 14.4 Å². The lowest BCUT2D eigenvalue weighted by atomic mass is 9.44. The average molecular weight is 579 g/mol. The molecule has 0 aromatic heterocycles. The van der Waals surface area contributed by atoms with Crippen LogP contribution in [0.25, 0.3) is 0 Å². The van der Waals surface area contributed by atoms with Crippen LogP contribution in [-0.2, 0) is 19.1 Å². The molecule has 0 aliphatic heterocycles. The minimum absolute atomic E-state index is 0.0597. The molecule has 0 spiro atoms. The summed E-state index contributed by atoms with van der Waals surface area (Å²) in [5, 5.41) is 25.0. The van der Waals surface area contributed by atoms with Crippen LogP contribution < -0.4 is 11.1 Å². The lowest BCUT2D eigenvalue weighted by Gasteiger charge is -2.61. The molecular formula is C31H50N2O6S. The third-order valence-electron chi connectivity index (χ3n) is 11.5. The van der Waals surface area contributed by atoms with Crippen LogP contribution in [0.4, 0.5) is 0 Å². The lowest BCUT2D eigenvalue weighted by Crippen LogP contribution is -2.63. The van der Waals surface area contributed by atoms with Crippen LogP contribution >= 0.6 is 11.8 Å². The Morgan fingerprint density at radius 3 is 2.58 bits per heavy atom. The summed E-state index contributed by atoms with van der Waals surface area (Å²) in [5.74, 6) is -0.474. The molecule has 2 bridgehead atoms. The summed E-state index contributed by atoms with van der Waals surface area (Å²) in [5.41, 5.74) is 4.15. The second kappa shape index (κ2) is 11.7. The van der Waals surface area contributed by atoms with E-state index in [0.717, 1.165) is 19.3 Å². The number of esters is 1. The third kappa shape index (κ3) is 5.40. The van der Waals surface area contributed by atoms with Crippen molar-refractivity contribution in [3.05, 3.63) is 12.7 Å². The molecule has 8 nitrogen and oxygen atoms in total. The summed E-state index contributed by atoms with van der Waals surface area (Å²) in [6.45, 7) is 14.1.